The van der Waals surface area contributed by atoms with Gasteiger partial charge in [0.2, 0.25) is 0 Å². The van der Waals surface area contributed by atoms with Gasteiger partial charge in [-0.25, -0.2) is 0 Å². The van der Waals surface area contributed by atoms with Crippen molar-refractivity contribution in [2.75, 3.05) is 5.73 Å². The monoisotopic (exact) mass is 265 g/mol. The molecule has 0 aliphatic rings. The largest absolute Gasteiger partial charge is 0.398 e. The van der Waals surface area contributed by atoms with E-state index in [1.54, 1.807) is 6.20 Å². The van der Waals surface area contributed by atoms with Crippen LogP contribution in [-0.2, 0) is 13.5 Å². The second-order valence-corrected chi connectivity index (χ2v) is 4.38. The fourth-order valence-corrected chi connectivity index (χ4v) is 1.88. The Labute approximate surface area is 97.0 Å². The van der Waals surface area contributed by atoms with Crippen molar-refractivity contribution < 1.29 is 0 Å². The SMILES string of the molecule is Cn1nccc1Cc1ccc(Br)cc1N. The van der Waals surface area contributed by atoms with Gasteiger partial charge < -0.3 is 5.73 Å². The lowest BCUT2D eigenvalue weighted by Crippen LogP contribution is -2.01. The molecule has 4 heteroatoms. The molecule has 0 fully saturated rings. The van der Waals surface area contributed by atoms with Crippen molar-refractivity contribution in [3.8, 4) is 0 Å². The van der Waals surface area contributed by atoms with Crippen molar-refractivity contribution in [2.24, 2.45) is 7.05 Å². The van der Waals surface area contributed by atoms with Gasteiger partial charge in [-0.3, -0.25) is 4.68 Å². The molecule has 0 bridgehead atoms. The van der Waals surface area contributed by atoms with Gasteiger partial charge in [0.15, 0.2) is 0 Å². The zero-order valence-electron chi connectivity index (χ0n) is 8.44. The molecule has 1 heterocycles. The zero-order valence-corrected chi connectivity index (χ0v) is 10.0. The fourth-order valence-electron chi connectivity index (χ4n) is 1.50. The Balaban J connectivity index is 2.29. The normalized spacial score (nSPS) is 10.5. The van der Waals surface area contributed by atoms with E-state index in [9.17, 15) is 0 Å². The Kier molecular flexibility index (Phi) is 2.77. The van der Waals surface area contributed by atoms with E-state index in [-0.39, 0.29) is 0 Å². The molecular weight excluding hydrogens is 254 g/mol. The molecule has 1 aromatic carbocycles. The zero-order chi connectivity index (χ0) is 10.8. The predicted molar refractivity (Wildman–Crippen MR) is 64.6 cm³/mol. The Morgan fingerprint density at radius 3 is 2.80 bits per heavy atom. The van der Waals surface area contributed by atoms with E-state index < -0.39 is 0 Å². The van der Waals surface area contributed by atoms with Crippen LogP contribution >= 0.6 is 15.9 Å². The lowest BCUT2D eigenvalue weighted by atomic mass is 10.1. The Morgan fingerprint density at radius 2 is 2.20 bits per heavy atom. The molecule has 0 spiro atoms. The molecule has 0 saturated heterocycles. The maximum Gasteiger partial charge on any atom is 0.0492 e. The van der Waals surface area contributed by atoms with Crippen LogP contribution in [0.15, 0.2) is 34.9 Å². The molecule has 2 aromatic rings. The number of hydrogen-bond acceptors (Lipinski definition) is 2. The fraction of sp³-hybridized carbons (Fsp3) is 0.182. The molecule has 2 N–H and O–H groups in total. The summed E-state index contributed by atoms with van der Waals surface area (Å²) in [6.45, 7) is 0. The highest BCUT2D eigenvalue weighted by Crippen LogP contribution is 2.20. The molecule has 2 rings (SSSR count). The number of anilines is 1. The summed E-state index contributed by atoms with van der Waals surface area (Å²) in [5.41, 5.74) is 9.02. The number of benzene rings is 1. The van der Waals surface area contributed by atoms with Crippen LogP contribution in [0, 0.1) is 0 Å². The summed E-state index contributed by atoms with van der Waals surface area (Å²) < 4.78 is 2.87. The highest BCUT2D eigenvalue weighted by atomic mass is 79.9. The number of halogens is 1. The first-order valence-electron chi connectivity index (χ1n) is 4.67. The van der Waals surface area contributed by atoms with Crippen LogP contribution in [0.1, 0.15) is 11.3 Å². The van der Waals surface area contributed by atoms with Gasteiger partial charge in [0, 0.05) is 35.5 Å². The number of nitrogens with zero attached hydrogens (tertiary/aromatic N) is 2. The Morgan fingerprint density at radius 1 is 1.40 bits per heavy atom. The van der Waals surface area contributed by atoms with Gasteiger partial charge in [0.1, 0.15) is 0 Å². The minimum Gasteiger partial charge on any atom is -0.398 e. The summed E-state index contributed by atoms with van der Waals surface area (Å²) in [5.74, 6) is 0. The molecule has 0 amide bonds. The van der Waals surface area contributed by atoms with E-state index in [1.807, 2.05) is 36.0 Å². The number of aryl methyl sites for hydroxylation is 1. The van der Waals surface area contributed by atoms with Crippen LogP contribution in [0.3, 0.4) is 0 Å². The second kappa shape index (κ2) is 4.06. The molecule has 3 nitrogen and oxygen atoms in total. The first-order chi connectivity index (χ1) is 7.16. The van der Waals surface area contributed by atoms with Crippen molar-refractivity contribution in [3.05, 3.63) is 46.2 Å². The number of nitrogen functional groups attached to an aromatic ring is 1. The second-order valence-electron chi connectivity index (χ2n) is 3.47. The average molecular weight is 266 g/mol. The number of hydrogen-bond donors (Lipinski definition) is 1. The van der Waals surface area contributed by atoms with Crippen molar-refractivity contribution in [3.63, 3.8) is 0 Å². The number of nitrogens with two attached hydrogens (primary N) is 1. The highest BCUT2D eigenvalue weighted by Gasteiger charge is 2.04. The summed E-state index contributed by atoms with van der Waals surface area (Å²) in [7, 11) is 1.93. The standard InChI is InChI=1S/C11H12BrN3/c1-15-10(4-5-14-15)6-8-2-3-9(12)7-11(8)13/h2-5,7H,6,13H2,1H3. The molecular formula is C11H12BrN3. The smallest absolute Gasteiger partial charge is 0.0492 e. The third-order valence-corrected chi connectivity index (χ3v) is 2.90. The summed E-state index contributed by atoms with van der Waals surface area (Å²) in [4.78, 5) is 0. The quantitative estimate of drug-likeness (QED) is 0.848. The van der Waals surface area contributed by atoms with E-state index in [0.717, 1.165) is 27.8 Å². The maximum absolute atomic E-state index is 5.93. The first-order valence-corrected chi connectivity index (χ1v) is 5.47. The third kappa shape index (κ3) is 2.21. The maximum atomic E-state index is 5.93. The van der Waals surface area contributed by atoms with Gasteiger partial charge in [-0.2, -0.15) is 5.10 Å². The lowest BCUT2D eigenvalue weighted by molar-refractivity contribution is 0.724. The van der Waals surface area contributed by atoms with E-state index in [4.69, 9.17) is 5.73 Å². The minimum atomic E-state index is 0.811. The first kappa shape index (κ1) is 10.2. The minimum absolute atomic E-state index is 0.811. The summed E-state index contributed by atoms with van der Waals surface area (Å²) in [6, 6.07) is 7.96. The van der Waals surface area contributed by atoms with Crippen molar-refractivity contribution in [2.45, 2.75) is 6.42 Å². The third-order valence-electron chi connectivity index (χ3n) is 2.40. The molecule has 0 radical (unpaired) electrons. The van der Waals surface area contributed by atoms with Crippen LogP contribution in [0.25, 0.3) is 0 Å². The average Bonchev–Trinajstić information content (AvgIpc) is 2.57. The number of aromatic nitrogens is 2. The van der Waals surface area contributed by atoms with Gasteiger partial charge in [0.05, 0.1) is 0 Å². The van der Waals surface area contributed by atoms with Crippen LogP contribution in [-0.4, -0.2) is 9.78 Å². The van der Waals surface area contributed by atoms with Crippen molar-refractivity contribution >= 4 is 21.6 Å². The predicted octanol–water partition coefficient (Wildman–Crippen LogP) is 2.36. The van der Waals surface area contributed by atoms with Gasteiger partial charge in [-0.15, -0.1) is 0 Å². The summed E-state index contributed by atoms with van der Waals surface area (Å²) >= 11 is 3.39. The van der Waals surface area contributed by atoms with Gasteiger partial charge in [-0.1, -0.05) is 22.0 Å². The Bertz CT molecular complexity index is 476. The summed E-state index contributed by atoms with van der Waals surface area (Å²) in [6.07, 6.45) is 2.61. The van der Waals surface area contributed by atoms with Crippen LogP contribution < -0.4 is 5.73 Å². The van der Waals surface area contributed by atoms with Crippen LogP contribution in [0.5, 0.6) is 0 Å². The molecule has 0 saturated carbocycles. The van der Waals surface area contributed by atoms with Crippen molar-refractivity contribution in [1.29, 1.82) is 0 Å². The summed E-state index contributed by atoms with van der Waals surface area (Å²) in [5, 5.41) is 4.13. The van der Waals surface area contributed by atoms with E-state index in [1.165, 1.54) is 0 Å². The Hall–Kier alpha value is -1.29. The highest BCUT2D eigenvalue weighted by molar-refractivity contribution is 9.10. The molecule has 0 atom stereocenters. The number of rotatable bonds is 2. The van der Waals surface area contributed by atoms with E-state index >= 15 is 0 Å². The van der Waals surface area contributed by atoms with Crippen LogP contribution in [0.4, 0.5) is 5.69 Å². The molecule has 78 valence electrons. The molecule has 0 aliphatic carbocycles. The van der Waals surface area contributed by atoms with Crippen LogP contribution in [0.2, 0.25) is 0 Å². The molecule has 1 aromatic heterocycles. The van der Waals surface area contributed by atoms with E-state index in [0.29, 0.717) is 0 Å². The molecule has 0 unspecified atom stereocenters. The molecule has 0 aliphatic heterocycles. The lowest BCUT2D eigenvalue weighted by Gasteiger charge is -2.06. The van der Waals surface area contributed by atoms with Gasteiger partial charge in [-0.05, 0) is 23.8 Å². The van der Waals surface area contributed by atoms with Gasteiger partial charge in [0.25, 0.3) is 0 Å². The topological polar surface area (TPSA) is 43.8 Å². The van der Waals surface area contributed by atoms with Gasteiger partial charge >= 0.3 is 0 Å². The molecule has 15 heavy (non-hydrogen) atoms. The van der Waals surface area contributed by atoms with E-state index in [2.05, 4.69) is 21.0 Å². The van der Waals surface area contributed by atoms with Crippen molar-refractivity contribution in [1.82, 2.24) is 9.78 Å².